The number of hydrazone groups is 1. The second-order valence-electron chi connectivity index (χ2n) is 7.46. The molecule has 182 valence electrons. The van der Waals surface area contributed by atoms with Crippen molar-refractivity contribution in [3.8, 4) is 17.2 Å². The molecule has 3 aromatic rings. The third kappa shape index (κ3) is 7.22. The zero-order valence-electron chi connectivity index (χ0n) is 19.6. The fraction of sp³-hybridized carbons (Fsp3) is 0.192. The molecule has 8 nitrogen and oxygen atoms in total. The molecule has 0 fully saturated rings. The minimum absolute atomic E-state index is 0.288. The zero-order chi connectivity index (χ0) is 25.2. The first-order valence-corrected chi connectivity index (χ1v) is 11.1. The lowest BCUT2D eigenvalue weighted by molar-refractivity contribution is -0.131. The number of amides is 2. The molecule has 0 aliphatic carbocycles. The molecule has 0 heterocycles. The highest BCUT2D eigenvalue weighted by atomic mass is 35.5. The molecule has 0 saturated heterocycles. The van der Waals surface area contributed by atoms with Crippen molar-refractivity contribution >= 4 is 35.3 Å². The predicted octanol–water partition coefficient (Wildman–Crippen LogP) is 4.66. The Hall–Kier alpha value is -4.04. The molecule has 9 heteroatoms. The van der Waals surface area contributed by atoms with Crippen LogP contribution in [-0.2, 0) is 16.2 Å². The van der Waals surface area contributed by atoms with E-state index in [1.54, 1.807) is 55.6 Å². The molecule has 0 spiro atoms. The monoisotopic (exact) mass is 495 g/mol. The van der Waals surface area contributed by atoms with Gasteiger partial charge in [-0.3, -0.25) is 9.59 Å². The van der Waals surface area contributed by atoms with Crippen molar-refractivity contribution < 1.29 is 23.8 Å². The standard InChI is InChI=1S/C26H26ClN3O5/c1-17(25(31)29-20-9-11-21(33-2)12-10-20)26(32)30-28-15-18-8-13-23(24(14-18)34-3)35-16-19-6-4-5-7-22(19)27/h4-15,17H,16H2,1-3H3,(H,29,31)(H,30,32). The number of hydrogen-bond acceptors (Lipinski definition) is 6. The first-order valence-electron chi connectivity index (χ1n) is 10.7. The Morgan fingerprint density at radius 3 is 2.40 bits per heavy atom. The van der Waals surface area contributed by atoms with Crippen LogP contribution >= 0.6 is 11.6 Å². The number of anilines is 1. The highest BCUT2D eigenvalue weighted by molar-refractivity contribution is 6.31. The topological polar surface area (TPSA) is 98.2 Å². The summed E-state index contributed by atoms with van der Waals surface area (Å²) in [5.41, 5.74) is 4.47. The van der Waals surface area contributed by atoms with Gasteiger partial charge in [0.15, 0.2) is 11.5 Å². The first kappa shape index (κ1) is 25.6. The van der Waals surface area contributed by atoms with E-state index in [0.29, 0.717) is 33.5 Å². The number of nitrogens with one attached hydrogen (secondary N) is 2. The number of carbonyl (C=O) groups is 2. The van der Waals surface area contributed by atoms with E-state index in [4.69, 9.17) is 25.8 Å². The van der Waals surface area contributed by atoms with Crippen molar-refractivity contribution in [3.63, 3.8) is 0 Å². The summed E-state index contributed by atoms with van der Waals surface area (Å²) in [7, 11) is 3.09. The maximum absolute atomic E-state index is 12.4. The van der Waals surface area contributed by atoms with Gasteiger partial charge in [0.2, 0.25) is 5.91 Å². The lowest BCUT2D eigenvalue weighted by Gasteiger charge is -2.12. The Morgan fingerprint density at radius 1 is 0.971 bits per heavy atom. The quantitative estimate of drug-likeness (QED) is 0.242. The number of rotatable bonds is 10. The predicted molar refractivity (Wildman–Crippen MR) is 135 cm³/mol. The van der Waals surface area contributed by atoms with Crippen LogP contribution in [0.25, 0.3) is 0 Å². The molecule has 0 aliphatic heterocycles. The molecule has 2 N–H and O–H groups in total. The molecule has 0 aliphatic rings. The maximum atomic E-state index is 12.4. The zero-order valence-corrected chi connectivity index (χ0v) is 20.3. The summed E-state index contributed by atoms with van der Waals surface area (Å²) in [6.07, 6.45) is 1.45. The van der Waals surface area contributed by atoms with Crippen LogP contribution in [-0.4, -0.2) is 32.2 Å². The van der Waals surface area contributed by atoms with Gasteiger partial charge in [-0.2, -0.15) is 5.10 Å². The molecule has 0 aromatic heterocycles. The summed E-state index contributed by atoms with van der Waals surface area (Å²) < 4.78 is 16.3. The van der Waals surface area contributed by atoms with Gasteiger partial charge in [0, 0.05) is 16.3 Å². The lowest BCUT2D eigenvalue weighted by Crippen LogP contribution is -2.34. The van der Waals surface area contributed by atoms with E-state index < -0.39 is 17.7 Å². The minimum Gasteiger partial charge on any atom is -0.497 e. The summed E-state index contributed by atoms with van der Waals surface area (Å²) in [5, 5.41) is 7.26. The number of halogens is 1. The van der Waals surface area contributed by atoms with E-state index in [1.807, 2.05) is 18.2 Å². The Bertz CT molecular complexity index is 1200. The maximum Gasteiger partial charge on any atom is 0.252 e. The molecule has 1 atom stereocenters. The van der Waals surface area contributed by atoms with Crippen LogP contribution in [0.5, 0.6) is 17.2 Å². The van der Waals surface area contributed by atoms with Gasteiger partial charge in [-0.25, -0.2) is 5.43 Å². The van der Waals surface area contributed by atoms with E-state index in [0.717, 1.165) is 5.56 Å². The highest BCUT2D eigenvalue weighted by Gasteiger charge is 2.21. The molecule has 2 amide bonds. The fourth-order valence-electron chi connectivity index (χ4n) is 2.97. The van der Waals surface area contributed by atoms with Gasteiger partial charge >= 0.3 is 0 Å². The van der Waals surface area contributed by atoms with Crippen LogP contribution in [0.2, 0.25) is 5.02 Å². The molecule has 0 radical (unpaired) electrons. The van der Waals surface area contributed by atoms with Crippen molar-refractivity contribution in [1.82, 2.24) is 5.43 Å². The summed E-state index contributed by atoms with van der Waals surface area (Å²) in [4.78, 5) is 24.7. The number of benzene rings is 3. The van der Waals surface area contributed by atoms with E-state index >= 15 is 0 Å². The van der Waals surface area contributed by atoms with Gasteiger partial charge in [-0.05, 0) is 61.0 Å². The van der Waals surface area contributed by atoms with Crippen molar-refractivity contribution in [2.24, 2.45) is 11.0 Å². The summed E-state index contributed by atoms with van der Waals surface area (Å²) in [6.45, 7) is 1.79. The first-order chi connectivity index (χ1) is 16.9. The largest absolute Gasteiger partial charge is 0.497 e. The van der Waals surface area contributed by atoms with Gasteiger partial charge in [-0.15, -0.1) is 0 Å². The molecule has 0 bridgehead atoms. The van der Waals surface area contributed by atoms with E-state index in [9.17, 15) is 9.59 Å². The average molecular weight is 496 g/mol. The average Bonchev–Trinajstić information content (AvgIpc) is 2.88. The van der Waals surface area contributed by atoms with Gasteiger partial charge < -0.3 is 19.5 Å². The third-order valence-electron chi connectivity index (χ3n) is 5.06. The molecule has 35 heavy (non-hydrogen) atoms. The van der Waals surface area contributed by atoms with Crippen molar-refractivity contribution in [2.45, 2.75) is 13.5 Å². The second kappa shape index (κ2) is 12.4. The van der Waals surface area contributed by atoms with Crippen LogP contribution in [0.3, 0.4) is 0 Å². The summed E-state index contributed by atoms with van der Waals surface area (Å²) in [5.74, 6) is -0.246. The van der Waals surface area contributed by atoms with Gasteiger partial charge in [-0.1, -0.05) is 29.8 Å². The Morgan fingerprint density at radius 2 is 1.71 bits per heavy atom. The van der Waals surface area contributed by atoms with Crippen molar-refractivity contribution in [2.75, 3.05) is 19.5 Å². The number of ether oxygens (including phenoxy) is 3. The lowest BCUT2D eigenvalue weighted by atomic mass is 10.1. The van der Waals surface area contributed by atoms with Crippen LogP contribution in [0.4, 0.5) is 5.69 Å². The molecular weight excluding hydrogens is 470 g/mol. The van der Waals surface area contributed by atoms with E-state index in [2.05, 4.69) is 15.8 Å². The van der Waals surface area contributed by atoms with Gasteiger partial charge in [0.1, 0.15) is 18.3 Å². The van der Waals surface area contributed by atoms with E-state index in [1.165, 1.54) is 20.2 Å². The third-order valence-corrected chi connectivity index (χ3v) is 5.43. The molecule has 3 rings (SSSR count). The SMILES string of the molecule is COc1ccc(NC(=O)C(C)C(=O)NN=Cc2ccc(OCc3ccccc3Cl)c(OC)c2)cc1. The molecule has 1 unspecified atom stereocenters. The van der Waals surface area contributed by atoms with Crippen LogP contribution < -0.4 is 25.0 Å². The Labute approximate surface area is 208 Å². The second-order valence-corrected chi connectivity index (χ2v) is 7.87. The van der Waals surface area contributed by atoms with Crippen molar-refractivity contribution in [3.05, 3.63) is 82.9 Å². The van der Waals surface area contributed by atoms with Crippen LogP contribution in [0.1, 0.15) is 18.1 Å². The van der Waals surface area contributed by atoms with E-state index in [-0.39, 0.29) is 6.61 Å². The molecular formula is C26H26ClN3O5. The minimum atomic E-state index is -0.954. The summed E-state index contributed by atoms with van der Waals surface area (Å²) in [6, 6.07) is 19.5. The van der Waals surface area contributed by atoms with Gasteiger partial charge in [0.05, 0.1) is 20.4 Å². The number of carbonyl (C=O) groups excluding carboxylic acids is 2. The molecule has 0 saturated carbocycles. The smallest absolute Gasteiger partial charge is 0.252 e. The highest BCUT2D eigenvalue weighted by Crippen LogP contribution is 2.29. The van der Waals surface area contributed by atoms with Crippen LogP contribution in [0, 0.1) is 5.92 Å². The summed E-state index contributed by atoms with van der Waals surface area (Å²) >= 11 is 6.17. The number of methoxy groups -OCH3 is 2. The Balaban J connectivity index is 1.55. The molecule has 3 aromatic carbocycles. The normalized spacial score (nSPS) is 11.5. The van der Waals surface area contributed by atoms with Crippen LogP contribution in [0.15, 0.2) is 71.8 Å². The fourth-order valence-corrected chi connectivity index (χ4v) is 3.16. The van der Waals surface area contributed by atoms with Gasteiger partial charge in [0.25, 0.3) is 5.91 Å². The number of hydrogen-bond donors (Lipinski definition) is 2. The van der Waals surface area contributed by atoms with Crippen molar-refractivity contribution in [1.29, 1.82) is 0 Å². The Kier molecular flexibility index (Phi) is 9.09. The number of nitrogens with zero attached hydrogens (tertiary/aromatic N) is 1.